The van der Waals surface area contributed by atoms with Gasteiger partial charge in [0.1, 0.15) is 11.9 Å². The van der Waals surface area contributed by atoms with Crippen LogP contribution in [-0.2, 0) is 7.05 Å². The lowest BCUT2D eigenvalue weighted by molar-refractivity contribution is 0.102. The zero-order valence-electron chi connectivity index (χ0n) is 13.5. The molecule has 0 spiro atoms. The Morgan fingerprint density at radius 1 is 1.29 bits per heavy atom. The molecule has 1 aromatic carbocycles. The molecule has 0 aliphatic heterocycles. The number of aromatic amines is 1. The van der Waals surface area contributed by atoms with Crippen LogP contribution in [0.3, 0.4) is 0 Å². The van der Waals surface area contributed by atoms with E-state index in [0.717, 1.165) is 5.56 Å². The number of carbonyl (C=O) groups excluding carboxylic acids is 1. The summed E-state index contributed by atoms with van der Waals surface area (Å²) in [6, 6.07) is 7.13. The fourth-order valence-electron chi connectivity index (χ4n) is 2.40. The minimum absolute atomic E-state index is 0.0927. The van der Waals surface area contributed by atoms with Gasteiger partial charge in [0, 0.05) is 18.3 Å². The Morgan fingerprint density at radius 2 is 2.08 bits per heavy atom. The number of H-pyrrole nitrogens is 1. The van der Waals surface area contributed by atoms with E-state index in [1.807, 2.05) is 6.07 Å². The van der Waals surface area contributed by atoms with Crippen molar-refractivity contribution in [3.8, 4) is 11.4 Å². The SMILES string of the molecule is Cc1nn(C)c(=O)c(C(=O)Nc2cccc(-c3ncn[nH]3)c2)c1C. The summed E-state index contributed by atoms with van der Waals surface area (Å²) in [6.45, 7) is 3.47. The van der Waals surface area contributed by atoms with Crippen molar-refractivity contribution in [3.63, 3.8) is 0 Å². The molecule has 0 bridgehead atoms. The number of anilines is 1. The number of carbonyl (C=O) groups is 1. The molecule has 24 heavy (non-hydrogen) atoms. The zero-order valence-corrected chi connectivity index (χ0v) is 13.5. The van der Waals surface area contributed by atoms with Crippen molar-refractivity contribution in [2.24, 2.45) is 7.05 Å². The third-order valence-corrected chi connectivity index (χ3v) is 3.76. The molecule has 122 valence electrons. The molecule has 1 amide bonds. The van der Waals surface area contributed by atoms with Gasteiger partial charge < -0.3 is 5.32 Å². The topological polar surface area (TPSA) is 106 Å². The summed E-state index contributed by atoms with van der Waals surface area (Å²) in [5.41, 5.74) is 2.21. The third kappa shape index (κ3) is 2.81. The molecule has 8 nitrogen and oxygen atoms in total. The molecular weight excluding hydrogens is 308 g/mol. The molecule has 2 heterocycles. The predicted octanol–water partition coefficient (Wildman–Crippen LogP) is 1.43. The van der Waals surface area contributed by atoms with E-state index < -0.39 is 11.5 Å². The van der Waals surface area contributed by atoms with E-state index in [1.165, 1.54) is 18.1 Å². The molecule has 0 fully saturated rings. The Morgan fingerprint density at radius 3 is 2.79 bits per heavy atom. The van der Waals surface area contributed by atoms with Gasteiger partial charge in [-0.05, 0) is 31.5 Å². The first-order chi connectivity index (χ1) is 11.5. The number of rotatable bonds is 3. The second-order valence-electron chi connectivity index (χ2n) is 5.38. The number of aryl methyl sites for hydroxylation is 2. The molecule has 3 aromatic rings. The van der Waals surface area contributed by atoms with Crippen molar-refractivity contribution in [3.05, 3.63) is 57.8 Å². The standard InChI is InChI=1S/C16H16N6O2/c1-9-10(2)21-22(3)16(24)13(9)15(23)19-12-6-4-5-11(7-12)14-17-8-18-20-14/h4-8H,1-3H3,(H,19,23)(H,17,18,20). The summed E-state index contributed by atoms with van der Waals surface area (Å²) in [6.07, 6.45) is 1.41. The number of benzene rings is 1. The number of hydrogen-bond donors (Lipinski definition) is 2. The first-order valence-electron chi connectivity index (χ1n) is 7.29. The van der Waals surface area contributed by atoms with Crippen LogP contribution in [0.15, 0.2) is 35.4 Å². The van der Waals surface area contributed by atoms with Crippen molar-refractivity contribution in [2.75, 3.05) is 5.32 Å². The summed E-state index contributed by atoms with van der Waals surface area (Å²) < 4.78 is 1.17. The van der Waals surface area contributed by atoms with Crippen LogP contribution in [0.25, 0.3) is 11.4 Å². The van der Waals surface area contributed by atoms with Crippen molar-refractivity contribution in [1.82, 2.24) is 25.0 Å². The van der Waals surface area contributed by atoms with E-state index in [2.05, 4.69) is 25.6 Å². The van der Waals surface area contributed by atoms with E-state index >= 15 is 0 Å². The van der Waals surface area contributed by atoms with Crippen LogP contribution in [0, 0.1) is 13.8 Å². The summed E-state index contributed by atoms with van der Waals surface area (Å²) in [4.78, 5) is 28.9. The molecule has 2 N–H and O–H groups in total. The lowest BCUT2D eigenvalue weighted by Crippen LogP contribution is -2.31. The average Bonchev–Trinajstić information content (AvgIpc) is 3.08. The largest absolute Gasteiger partial charge is 0.322 e. The predicted molar refractivity (Wildman–Crippen MR) is 88.7 cm³/mol. The van der Waals surface area contributed by atoms with Crippen molar-refractivity contribution in [1.29, 1.82) is 0 Å². The van der Waals surface area contributed by atoms with Gasteiger partial charge in [0.05, 0.1) is 5.69 Å². The zero-order chi connectivity index (χ0) is 17.3. The number of nitrogens with one attached hydrogen (secondary N) is 2. The number of aromatic nitrogens is 5. The smallest absolute Gasteiger partial charge is 0.279 e. The quantitative estimate of drug-likeness (QED) is 0.758. The van der Waals surface area contributed by atoms with Crippen LogP contribution < -0.4 is 10.9 Å². The van der Waals surface area contributed by atoms with E-state index in [0.29, 0.717) is 22.8 Å². The number of amides is 1. The highest BCUT2D eigenvalue weighted by Gasteiger charge is 2.18. The highest BCUT2D eigenvalue weighted by atomic mass is 16.2. The Balaban J connectivity index is 1.94. The van der Waals surface area contributed by atoms with Crippen molar-refractivity contribution >= 4 is 11.6 Å². The van der Waals surface area contributed by atoms with Crippen LogP contribution in [0.1, 0.15) is 21.6 Å². The van der Waals surface area contributed by atoms with Gasteiger partial charge in [0.15, 0.2) is 5.82 Å². The fraction of sp³-hybridized carbons (Fsp3) is 0.188. The lowest BCUT2D eigenvalue weighted by Gasteiger charge is -2.10. The molecule has 0 aliphatic carbocycles. The minimum atomic E-state index is -0.465. The molecule has 2 aromatic heterocycles. The maximum absolute atomic E-state index is 12.6. The van der Waals surface area contributed by atoms with E-state index in [9.17, 15) is 9.59 Å². The first-order valence-corrected chi connectivity index (χ1v) is 7.29. The molecule has 0 unspecified atom stereocenters. The Labute approximate surface area is 137 Å². The Bertz CT molecular complexity index is 959. The second-order valence-corrected chi connectivity index (χ2v) is 5.38. The van der Waals surface area contributed by atoms with E-state index in [1.54, 1.807) is 32.0 Å². The number of nitrogens with zero attached hydrogens (tertiary/aromatic N) is 4. The maximum atomic E-state index is 12.6. The molecular formula is C16H16N6O2. The van der Waals surface area contributed by atoms with Gasteiger partial charge in [-0.3, -0.25) is 14.7 Å². The molecule has 0 radical (unpaired) electrons. The van der Waals surface area contributed by atoms with Crippen LogP contribution in [0.5, 0.6) is 0 Å². The summed E-state index contributed by atoms with van der Waals surface area (Å²) in [5.74, 6) is 0.131. The van der Waals surface area contributed by atoms with E-state index in [-0.39, 0.29) is 5.56 Å². The van der Waals surface area contributed by atoms with Crippen molar-refractivity contribution < 1.29 is 4.79 Å². The summed E-state index contributed by atoms with van der Waals surface area (Å²) >= 11 is 0. The third-order valence-electron chi connectivity index (χ3n) is 3.76. The maximum Gasteiger partial charge on any atom is 0.279 e. The molecule has 0 saturated carbocycles. The van der Waals surface area contributed by atoms with Gasteiger partial charge in [-0.2, -0.15) is 10.2 Å². The second kappa shape index (κ2) is 6.07. The monoisotopic (exact) mass is 324 g/mol. The van der Waals surface area contributed by atoms with Gasteiger partial charge in [0.25, 0.3) is 11.5 Å². The van der Waals surface area contributed by atoms with Crippen LogP contribution in [0.4, 0.5) is 5.69 Å². The summed E-state index contributed by atoms with van der Waals surface area (Å²) in [7, 11) is 1.52. The highest BCUT2D eigenvalue weighted by molar-refractivity contribution is 6.05. The highest BCUT2D eigenvalue weighted by Crippen LogP contribution is 2.19. The molecule has 0 saturated heterocycles. The van der Waals surface area contributed by atoms with Gasteiger partial charge in [-0.25, -0.2) is 9.67 Å². The van der Waals surface area contributed by atoms with Gasteiger partial charge in [0.2, 0.25) is 0 Å². The molecule has 8 heteroatoms. The van der Waals surface area contributed by atoms with Crippen molar-refractivity contribution in [2.45, 2.75) is 13.8 Å². The minimum Gasteiger partial charge on any atom is -0.322 e. The van der Waals surface area contributed by atoms with Crippen LogP contribution in [0.2, 0.25) is 0 Å². The Hall–Kier alpha value is -3.29. The van der Waals surface area contributed by atoms with Crippen LogP contribution in [-0.4, -0.2) is 30.9 Å². The van der Waals surface area contributed by atoms with E-state index in [4.69, 9.17) is 0 Å². The lowest BCUT2D eigenvalue weighted by atomic mass is 10.1. The molecule has 3 rings (SSSR count). The van der Waals surface area contributed by atoms with Gasteiger partial charge >= 0.3 is 0 Å². The van der Waals surface area contributed by atoms with Crippen LogP contribution >= 0.6 is 0 Å². The first kappa shape index (κ1) is 15.6. The number of hydrogen-bond acceptors (Lipinski definition) is 5. The molecule has 0 atom stereocenters. The normalized spacial score (nSPS) is 10.6. The van der Waals surface area contributed by atoms with Gasteiger partial charge in [-0.15, -0.1) is 0 Å². The summed E-state index contributed by atoms with van der Waals surface area (Å²) in [5, 5.41) is 13.4. The van der Waals surface area contributed by atoms with Gasteiger partial charge in [-0.1, -0.05) is 12.1 Å². The average molecular weight is 324 g/mol. The molecule has 0 aliphatic rings. The fourth-order valence-corrected chi connectivity index (χ4v) is 2.40. The Kier molecular flexibility index (Phi) is 3.95.